The van der Waals surface area contributed by atoms with E-state index in [1.807, 2.05) is 6.92 Å². The summed E-state index contributed by atoms with van der Waals surface area (Å²) in [5, 5.41) is 31.0. The summed E-state index contributed by atoms with van der Waals surface area (Å²) in [6, 6.07) is 8.25. The van der Waals surface area contributed by atoms with Gasteiger partial charge in [0.15, 0.2) is 0 Å². The van der Waals surface area contributed by atoms with Crippen molar-refractivity contribution in [1.29, 1.82) is 10.5 Å². The minimum atomic E-state index is -4.77. The topological polar surface area (TPSA) is 126 Å². The molecule has 13 heteroatoms. The van der Waals surface area contributed by atoms with Gasteiger partial charge in [-0.3, -0.25) is 0 Å². The number of hydrogen-bond acceptors (Lipinski definition) is 7. The molecule has 0 saturated heterocycles. The van der Waals surface area contributed by atoms with Gasteiger partial charge >= 0.3 is 6.18 Å². The molecule has 0 amide bonds. The van der Waals surface area contributed by atoms with E-state index in [9.17, 15) is 36.3 Å². The van der Waals surface area contributed by atoms with Gasteiger partial charge < -0.3 is 15.2 Å². The highest BCUT2D eigenvalue weighted by Gasteiger charge is 2.34. The number of halogens is 4. The van der Waals surface area contributed by atoms with E-state index < -0.39 is 57.3 Å². The molecule has 0 radical (unpaired) electrons. The van der Waals surface area contributed by atoms with E-state index in [0.29, 0.717) is 31.6 Å². The minimum Gasteiger partial charge on any atom is -0.487 e. The van der Waals surface area contributed by atoms with Crippen LogP contribution in [0, 0.1) is 28.5 Å². The third-order valence-electron chi connectivity index (χ3n) is 5.03. The van der Waals surface area contributed by atoms with Gasteiger partial charge in [-0.05, 0) is 49.8 Å². The van der Waals surface area contributed by atoms with E-state index >= 15 is 0 Å². The van der Waals surface area contributed by atoms with Crippen LogP contribution in [0.5, 0.6) is 5.75 Å². The Morgan fingerprint density at radius 1 is 1.14 bits per heavy atom. The largest absolute Gasteiger partial charge is 0.487 e. The quantitative estimate of drug-likeness (QED) is 0.320. The molecule has 0 saturated carbocycles. The lowest BCUT2D eigenvalue weighted by atomic mass is 10.1. The fourth-order valence-electron chi connectivity index (χ4n) is 3.24. The fourth-order valence-corrected chi connectivity index (χ4v) is 4.87. The molecule has 0 aliphatic heterocycles. The molecule has 0 aliphatic rings. The number of nitriles is 2. The summed E-state index contributed by atoms with van der Waals surface area (Å²) in [5.41, 5.74) is -2.09. The van der Waals surface area contributed by atoms with Crippen LogP contribution in [0.4, 0.5) is 17.6 Å². The normalized spacial score (nSPS) is 12.7. The number of aliphatic hydroxyl groups excluding tert-OH is 1. The van der Waals surface area contributed by atoms with Crippen LogP contribution in [0.3, 0.4) is 0 Å². The van der Waals surface area contributed by atoms with Gasteiger partial charge in [-0.25, -0.2) is 12.8 Å². The second kappa shape index (κ2) is 12.6. The number of benzene rings is 2. The van der Waals surface area contributed by atoms with Crippen molar-refractivity contribution >= 4 is 10.0 Å². The van der Waals surface area contributed by atoms with Crippen LogP contribution in [0.2, 0.25) is 0 Å². The van der Waals surface area contributed by atoms with Gasteiger partial charge in [0.1, 0.15) is 29.8 Å². The van der Waals surface area contributed by atoms with Crippen LogP contribution >= 0.6 is 0 Å². The zero-order valence-electron chi connectivity index (χ0n) is 19.2. The van der Waals surface area contributed by atoms with Gasteiger partial charge in [-0.1, -0.05) is 6.92 Å². The number of ether oxygens (including phenoxy) is 1. The Hall–Kier alpha value is -3.23. The molecular weight excluding hydrogens is 504 g/mol. The average molecular weight is 529 g/mol. The van der Waals surface area contributed by atoms with E-state index in [2.05, 4.69) is 5.32 Å². The first-order valence-electron chi connectivity index (χ1n) is 10.8. The summed E-state index contributed by atoms with van der Waals surface area (Å²) in [5.74, 6) is -0.937. The van der Waals surface area contributed by atoms with Crippen molar-refractivity contribution in [3.05, 3.63) is 58.9 Å². The van der Waals surface area contributed by atoms with Crippen LogP contribution in [-0.2, 0) is 16.2 Å². The first-order chi connectivity index (χ1) is 17.0. The van der Waals surface area contributed by atoms with Gasteiger partial charge in [-0.15, -0.1) is 0 Å². The number of sulfonamides is 1. The van der Waals surface area contributed by atoms with Crippen LogP contribution in [-0.4, -0.2) is 56.7 Å². The zero-order chi connectivity index (χ0) is 26.9. The summed E-state index contributed by atoms with van der Waals surface area (Å²) in [7, 11) is -4.50. The highest BCUT2D eigenvalue weighted by Crippen LogP contribution is 2.32. The maximum atomic E-state index is 13.9. The second-order valence-electron chi connectivity index (χ2n) is 7.57. The zero-order valence-corrected chi connectivity index (χ0v) is 20.0. The molecule has 2 N–H and O–H groups in total. The van der Waals surface area contributed by atoms with E-state index in [4.69, 9.17) is 10.00 Å². The van der Waals surface area contributed by atoms with Gasteiger partial charge in [-0.2, -0.15) is 28.0 Å². The molecule has 0 aromatic heterocycles. The van der Waals surface area contributed by atoms with Crippen molar-refractivity contribution in [3.63, 3.8) is 0 Å². The molecule has 194 valence electrons. The summed E-state index contributed by atoms with van der Waals surface area (Å²) >= 11 is 0. The number of aliphatic hydroxyl groups is 1. The predicted molar refractivity (Wildman–Crippen MR) is 121 cm³/mol. The molecule has 0 bridgehead atoms. The third kappa shape index (κ3) is 7.38. The lowest BCUT2D eigenvalue weighted by molar-refractivity contribution is -0.137. The molecule has 2 aromatic carbocycles. The molecule has 0 heterocycles. The maximum Gasteiger partial charge on any atom is 0.416 e. The smallest absolute Gasteiger partial charge is 0.416 e. The Kier molecular flexibility index (Phi) is 10.2. The van der Waals surface area contributed by atoms with Crippen molar-refractivity contribution in [1.82, 2.24) is 9.62 Å². The summed E-state index contributed by atoms with van der Waals surface area (Å²) in [6.07, 6.45) is -5.66. The molecule has 36 heavy (non-hydrogen) atoms. The summed E-state index contributed by atoms with van der Waals surface area (Å²) < 4.78 is 86.4. The number of nitrogens with zero attached hydrogens (tertiary/aromatic N) is 3. The van der Waals surface area contributed by atoms with E-state index in [-0.39, 0.29) is 17.9 Å². The molecule has 0 spiro atoms. The number of nitrogens with one attached hydrogen (secondary N) is 1. The molecule has 2 rings (SSSR count). The van der Waals surface area contributed by atoms with Crippen molar-refractivity contribution in [2.45, 2.75) is 30.5 Å². The van der Waals surface area contributed by atoms with Crippen LogP contribution < -0.4 is 10.1 Å². The first-order valence-corrected chi connectivity index (χ1v) is 12.2. The minimum absolute atomic E-state index is 0.0669. The Balaban J connectivity index is 2.39. The summed E-state index contributed by atoms with van der Waals surface area (Å²) in [6.45, 7) is 1.66. The SMILES string of the molecule is CCNCCCN(C[C@@H](CO)Oc1ccc(C#N)c(F)c1)S(=O)(=O)c1ccc(C(F)(F)F)cc1C#N. The Labute approximate surface area is 206 Å². The molecule has 0 aliphatic carbocycles. The highest BCUT2D eigenvalue weighted by molar-refractivity contribution is 7.89. The summed E-state index contributed by atoms with van der Waals surface area (Å²) in [4.78, 5) is -0.623. The number of hydrogen-bond donors (Lipinski definition) is 2. The van der Waals surface area contributed by atoms with Crippen LogP contribution in [0.1, 0.15) is 30.0 Å². The molecule has 0 fully saturated rings. The molecule has 2 aromatic rings. The number of rotatable bonds is 12. The lowest BCUT2D eigenvalue weighted by Gasteiger charge is -2.27. The van der Waals surface area contributed by atoms with E-state index in [0.717, 1.165) is 22.5 Å². The Bertz CT molecular complexity index is 1240. The van der Waals surface area contributed by atoms with Gasteiger partial charge in [0, 0.05) is 12.6 Å². The third-order valence-corrected chi connectivity index (χ3v) is 6.95. The maximum absolute atomic E-state index is 13.9. The molecular formula is C23H24F4N4O4S. The molecule has 1 atom stereocenters. The monoisotopic (exact) mass is 528 g/mol. The Morgan fingerprint density at radius 2 is 1.83 bits per heavy atom. The van der Waals surface area contributed by atoms with Crippen molar-refractivity contribution in [3.8, 4) is 17.9 Å². The fraction of sp³-hybridized carbons (Fsp3) is 0.391. The van der Waals surface area contributed by atoms with Crippen LogP contribution in [0.15, 0.2) is 41.3 Å². The van der Waals surface area contributed by atoms with Gasteiger partial charge in [0.25, 0.3) is 0 Å². The van der Waals surface area contributed by atoms with Gasteiger partial charge in [0.2, 0.25) is 10.0 Å². The second-order valence-corrected chi connectivity index (χ2v) is 9.47. The average Bonchev–Trinajstić information content (AvgIpc) is 2.84. The number of alkyl halides is 3. The van der Waals surface area contributed by atoms with Crippen molar-refractivity contribution in [2.24, 2.45) is 0 Å². The molecule has 0 unspecified atom stereocenters. The lowest BCUT2D eigenvalue weighted by Crippen LogP contribution is -2.42. The van der Waals surface area contributed by atoms with E-state index in [1.54, 1.807) is 6.07 Å². The van der Waals surface area contributed by atoms with Crippen LogP contribution in [0.25, 0.3) is 0 Å². The van der Waals surface area contributed by atoms with E-state index in [1.165, 1.54) is 12.1 Å². The highest BCUT2D eigenvalue weighted by atomic mass is 32.2. The Morgan fingerprint density at radius 3 is 2.39 bits per heavy atom. The first kappa shape index (κ1) is 29.0. The standard InChI is InChI=1S/C23H24F4N4O4S/c1-2-30-8-3-9-31(14-20(15-32)35-19-6-4-16(12-28)21(24)11-19)36(33,34)22-7-5-18(23(25,26)27)10-17(22)13-29/h4-7,10-11,20,30,32H,2-3,8-9,14-15H2,1H3/t20-/m0/s1. The predicted octanol–water partition coefficient (Wildman–Crippen LogP) is 3.02. The molecule has 8 nitrogen and oxygen atoms in total. The van der Waals surface area contributed by atoms with Gasteiger partial charge in [0.05, 0.1) is 34.7 Å². The van der Waals surface area contributed by atoms with Crippen molar-refractivity contribution < 1.29 is 35.8 Å². The van der Waals surface area contributed by atoms with Crippen molar-refractivity contribution in [2.75, 3.05) is 32.8 Å².